The Balaban J connectivity index is 1.53. The first-order chi connectivity index (χ1) is 12.5. The SMILES string of the molecule is O=C(COc1ccc(/C=C2\SC(=S)NC2=O)cc1)Nc1ccc(O)cc1. The lowest BCUT2D eigenvalue weighted by Crippen LogP contribution is -2.20. The molecule has 0 aromatic heterocycles. The molecule has 2 aromatic rings. The molecule has 26 heavy (non-hydrogen) atoms. The Morgan fingerprint density at radius 2 is 1.88 bits per heavy atom. The Morgan fingerprint density at radius 1 is 1.19 bits per heavy atom. The molecule has 2 amide bonds. The number of phenols is 1. The maximum Gasteiger partial charge on any atom is 0.263 e. The second-order valence-electron chi connectivity index (χ2n) is 5.30. The van der Waals surface area contributed by atoms with Gasteiger partial charge in [0, 0.05) is 5.69 Å². The molecule has 0 bridgehead atoms. The molecule has 0 spiro atoms. The van der Waals surface area contributed by atoms with Crippen LogP contribution in [-0.4, -0.2) is 27.8 Å². The fourth-order valence-corrected chi connectivity index (χ4v) is 3.17. The predicted octanol–water partition coefficient (Wildman–Crippen LogP) is 2.90. The number of hydrogen-bond acceptors (Lipinski definition) is 6. The van der Waals surface area contributed by atoms with Gasteiger partial charge in [-0.05, 0) is 48.0 Å². The largest absolute Gasteiger partial charge is 0.508 e. The van der Waals surface area contributed by atoms with Crippen LogP contribution in [0.1, 0.15) is 5.56 Å². The summed E-state index contributed by atoms with van der Waals surface area (Å²) in [5, 5.41) is 14.4. The molecule has 6 nitrogen and oxygen atoms in total. The Morgan fingerprint density at radius 3 is 2.50 bits per heavy atom. The van der Waals surface area contributed by atoms with E-state index in [1.165, 1.54) is 23.9 Å². The van der Waals surface area contributed by atoms with Crippen molar-refractivity contribution in [1.29, 1.82) is 0 Å². The summed E-state index contributed by atoms with van der Waals surface area (Å²) in [5.41, 5.74) is 1.40. The Kier molecular flexibility index (Phi) is 5.55. The lowest BCUT2D eigenvalue weighted by molar-refractivity contribution is -0.118. The molecule has 3 rings (SSSR count). The van der Waals surface area contributed by atoms with Gasteiger partial charge in [-0.1, -0.05) is 36.1 Å². The molecule has 0 atom stereocenters. The number of amides is 2. The van der Waals surface area contributed by atoms with Crippen molar-refractivity contribution in [3.05, 3.63) is 59.0 Å². The van der Waals surface area contributed by atoms with E-state index in [1.807, 2.05) is 0 Å². The van der Waals surface area contributed by atoms with Gasteiger partial charge in [0.2, 0.25) is 0 Å². The number of carbonyl (C=O) groups excluding carboxylic acids is 2. The fourth-order valence-electron chi connectivity index (χ4n) is 2.12. The maximum absolute atomic E-state index is 11.9. The van der Waals surface area contributed by atoms with Crippen LogP contribution in [0.3, 0.4) is 0 Å². The second kappa shape index (κ2) is 8.03. The molecule has 0 radical (unpaired) electrons. The summed E-state index contributed by atoms with van der Waals surface area (Å²) >= 11 is 6.16. The monoisotopic (exact) mass is 386 g/mol. The third-order valence-electron chi connectivity index (χ3n) is 3.34. The van der Waals surface area contributed by atoms with Crippen LogP contribution in [0.4, 0.5) is 5.69 Å². The van der Waals surface area contributed by atoms with Gasteiger partial charge < -0.3 is 20.5 Å². The number of carbonyl (C=O) groups is 2. The van der Waals surface area contributed by atoms with Gasteiger partial charge in [0.05, 0.1) is 4.91 Å². The minimum atomic E-state index is -0.311. The fraction of sp³-hybridized carbons (Fsp3) is 0.0556. The number of rotatable bonds is 5. The summed E-state index contributed by atoms with van der Waals surface area (Å²) in [6.45, 7) is -0.145. The van der Waals surface area contributed by atoms with Crippen LogP contribution in [0.2, 0.25) is 0 Å². The van der Waals surface area contributed by atoms with E-state index < -0.39 is 0 Å². The number of phenolic OH excluding ortho intramolecular Hbond substituents is 1. The van der Waals surface area contributed by atoms with Gasteiger partial charge >= 0.3 is 0 Å². The summed E-state index contributed by atoms with van der Waals surface area (Å²) in [6.07, 6.45) is 1.74. The third kappa shape index (κ3) is 4.84. The summed E-state index contributed by atoms with van der Waals surface area (Å²) < 4.78 is 5.88. The third-order valence-corrected chi connectivity index (χ3v) is 4.50. The van der Waals surface area contributed by atoms with Crippen molar-refractivity contribution < 1.29 is 19.4 Å². The number of thioether (sulfide) groups is 1. The van der Waals surface area contributed by atoms with Gasteiger partial charge in [-0.3, -0.25) is 9.59 Å². The molecule has 0 unspecified atom stereocenters. The molecule has 1 aliphatic heterocycles. The van der Waals surface area contributed by atoms with Crippen molar-refractivity contribution in [2.45, 2.75) is 0 Å². The van der Waals surface area contributed by atoms with Crippen LogP contribution in [0.25, 0.3) is 6.08 Å². The topological polar surface area (TPSA) is 87.7 Å². The quantitative estimate of drug-likeness (QED) is 0.416. The summed E-state index contributed by atoms with van der Waals surface area (Å²) in [5.74, 6) is 0.150. The Labute approximate surface area is 159 Å². The van der Waals surface area contributed by atoms with E-state index in [0.29, 0.717) is 20.7 Å². The number of aromatic hydroxyl groups is 1. The van der Waals surface area contributed by atoms with E-state index in [4.69, 9.17) is 17.0 Å². The van der Waals surface area contributed by atoms with Crippen LogP contribution in [0.5, 0.6) is 11.5 Å². The molecule has 1 aliphatic rings. The summed E-state index contributed by atoms with van der Waals surface area (Å²) in [7, 11) is 0. The van der Waals surface area contributed by atoms with Crippen LogP contribution < -0.4 is 15.4 Å². The highest BCUT2D eigenvalue weighted by atomic mass is 32.2. The molecule has 0 aliphatic carbocycles. The van der Waals surface area contributed by atoms with E-state index >= 15 is 0 Å². The minimum absolute atomic E-state index is 0.129. The summed E-state index contributed by atoms with van der Waals surface area (Å²) in [4.78, 5) is 24.0. The number of benzene rings is 2. The molecule has 3 N–H and O–H groups in total. The molecule has 132 valence electrons. The van der Waals surface area contributed by atoms with Gasteiger partial charge in [-0.25, -0.2) is 0 Å². The predicted molar refractivity (Wildman–Crippen MR) is 105 cm³/mol. The van der Waals surface area contributed by atoms with Crippen LogP contribution in [-0.2, 0) is 9.59 Å². The van der Waals surface area contributed by atoms with Crippen molar-refractivity contribution in [2.24, 2.45) is 0 Å². The normalized spacial score (nSPS) is 15.0. The lowest BCUT2D eigenvalue weighted by Gasteiger charge is -2.08. The van der Waals surface area contributed by atoms with E-state index in [9.17, 15) is 14.7 Å². The average molecular weight is 386 g/mol. The van der Waals surface area contributed by atoms with Gasteiger partial charge in [0.15, 0.2) is 6.61 Å². The number of nitrogens with one attached hydrogen (secondary N) is 2. The molecule has 2 aromatic carbocycles. The number of hydrogen-bond donors (Lipinski definition) is 3. The highest BCUT2D eigenvalue weighted by Gasteiger charge is 2.21. The zero-order chi connectivity index (χ0) is 18.5. The van der Waals surface area contributed by atoms with E-state index in [-0.39, 0.29) is 24.2 Å². The number of thiocarbonyl (C=S) groups is 1. The standard InChI is InChI=1S/C18H14N2O4S2/c21-13-5-3-12(4-6-13)19-16(22)10-24-14-7-1-11(2-8-14)9-15-17(23)20-18(25)26-15/h1-9,21H,10H2,(H,19,22)(H,20,23,25)/b15-9-. The van der Waals surface area contributed by atoms with Crippen LogP contribution in [0, 0.1) is 0 Å². The van der Waals surface area contributed by atoms with E-state index in [2.05, 4.69) is 10.6 Å². The first-order valence-corrected chi connectivity index (χ1v) is 8.79. The van der Waals surface area contributed by atoms with Gasteiger partial charge in [-0.2, -0.15) is 0 Å². The van der Waals surface area contributed by atoms with Crippen molar-refractivity contribution >= 4 is 51.9 Å². The Hall–Kier alpha value is -2.84. The average Bonchev–Trinajstić information content (AvgIpc) is 2.93. The number of ether oxygens (including phenoxy) is 1. The zero-order valence-electron chi connectivity index (χ0n) is 13.4. The van der Waals surface area contributed by atoms with Crippen molar-refractivity contribution in [3.8, 4) is 11.5 Å². The van der Waals surface area contributed by atoms with E-state index in [0.717, 1.165) is 5.56 Å². The molecule has 1 fully saturated rings. The van der Waals surface area contributed by atoms with E-state index in [1.54, 1.807) is 42.5 Å². The van der Waals surface area contributed by atoms with Gasteiger partial charge in [0.1, 0.15) is 15.8 Å². The van der Waals surface area contributed by atoms with Crippen LogP contribution in [0.15, 0.2) is 53.4 Å². The molecular weight excluding hydrogens is 372 g/mol. The van der Waals surface area contributed by atoms with Crippen molar-refractivity contribution in [2.75, 3.05) is 11.9 Å². The first kappa shape index (κ1) is 18.0. The minimum Gasteiger partial charge on any atom is -0.508 e. The highest BCUT2D eigenvalue weighted by molar-refractivity contribution is 8.26. The molecule has 8 heteroatoms. The molecular formula is C18H14N2O4S2. The highest BCUT2D eigenvalue weighted by Crippen LogP contribution is 2.26. The smallest absolute Gasteiger partial charge is 0.263 e. The molecule has 1 saturated heterocycles. The van der Waals surface area contributed by atoms with Gasteiger partial charge in [0.25, 0.3) is 11.8 Å². The summed E-state index contributed by atoms with van der Waals surface area (Å²) in [6, 6.07) is 13.2. The van der Waals surface area contributed by atoms with Crippen LogP contribution >= 0.6 is 24.0 Å². The van der Waals surface area contributed by atoms with Crippen molar-refractivity contribution in [1.82, 2.24) is 5.32 Å². The first-order valence-electron chi connectivity index (χ1n) is 7.56. The second-order valence-corrected chi connectivity index (χ2v) is 7.02. The molecule has 0 saturated carbocycles. The number of anilines is 1. The molecule has 1 heterocycles. The Bertz CT molecular complexity index is 877. The zero-order valence-corrected chi connectivity index (χ0v) is 15.0. The van der Waals surface area contributed by atoms with Gasteiger partial charge in [-0.15, -0.1) is 0 Å². The van der Waals surface area contributed by atoms with Crippen molar-refractivity contribution in [3.63, 3.8) is 0 Å². The maximum atomic E-state index is 11.9. The lowest BCUT2D eigenvalue weighted by atomic mass is 10.2.